The van der Waals surface area contributed by atoms with Crippen LogP contribution in [0.25, 0.3) is 0 Å². The predicted octanol–water partition coefficient (Wildman–Crippen LogP) is 1.24. The van der Waals surface area contributed by atoms with E-state index in [9.17, 15) is 13.2 Å². The lowest BCUT2D eigenvalue weighted by Crippen LogP contribution is -2.46. The highest BCUT2D eigenvalue weighted by Gasteiger charge is 2.26. The lowest BCUT2D eigenvalue weighted by atomic mass is 10.0. The number of benzene rings is 1. The van der Waals surface area contributed by atoms with Crippen LogP contribution in [0.4, 0.5) is 0 Å². The molecule has 1 aromatic carbocycles. The van der Waals surface area contributed by atoms with E-state index in [0.29, 0.717) is 22.9 Å². The second-order valence-electron chi connectivity index (χ2n) is 5.14. The number of nitrogens with one attached hydrogen (secondary N) is 1. The highest BCUT2D eigenvalue weighted by Crippen LogP contribution is 2.23. The van der Waals surface area contributed by atoms with Gasteiger partial charge in [0.15, 0.2) is 9.84 Å². The molecule has 0 spiro atoms. The largest absolute Gasteiger partial charge is 0.496 e. The van der Waals surface area contributed by atoms with E-state index in [-0.39, 0.29) is 36.2 Å². The number of carbonyl (C=O) groups excluding carboxylic acids is 1. The van der Waals surface area contributed by atoms with Gasteiger partial charge in [0.2, 0.25) is 0 Å². The maximum Gasteiger partial charge on any atom is 0.153 e. The van der Waals surface area contributed by atoms with Crippen molar-refractivity contribution in [1.82, 2.24) is 5.32 Å². The molecule has 0 saturated carbocycles. The van der Waals surface area contributed by atoms with E-state index >= 15 is 0 Å². The van der Waals surface area contributed by atoms with Crippen molar-refractivity contribution in [3.63, 3.8) is 0 Å². The average Bonchev–Trinajstić information content (AvgIpc) is 2.37. The van der Waals surface area contributed by atoms with Gasteiger partial charge in [0.1, 0.15) is 11.5 Å². The number of hydrogen-bond donors (Lipinski definition) is 1. The van der Waals surface area contributed by atoms with Gasteiger partial charge in [-0.3, -0.25) is 4.79 Å². The number of Topliss-reactive ketones (excluding diaryl/α,β-unsaturated/α-hetero) is 1. The van der Waals surface area contributed by atoms with Gasteiger partial charge >= 0.3 is 0 Å². The zero-order valence-electron chi connectivity index (χ0n) is 11.8. The predicted molar refractivity (Wildman–Crippen MR) is 81.8 cm³/mol. The van der Waals surface area contributed by atoms with Crippen molar-refractivity contribution in [2.75, 3.05) is 25.2 Å². The molecule has 21 heavy (non-hydrogen) atoms. The van der Waals surface area contributed by atoms with Crippen LogP contribution < -0.4 is 10.1 Å². The smallest absolute Gasteiger partial charge is 0.153 e. The number of ether oxygens (including phenoxy) is 1. The van der Waals surface area contributed by atoms with Gasteiger partial charge in [-0.05, 0) is 18.2 Å². The van der Waals surface area contributed by atoms with Crippen molar-refractivity contribution < 1.29 is 17.9 Å². The molecule has 0 radical (unpaired) electrons. The van der Waals surface area contributed by atoms with Crippen LogP contribution in [0.3, 0.4) is 0 Å². The summed E-state index contributed by atoms with van der Waals surface area (Å²) in [7, 11) is -1.50. The van der Waals surface area contributed by atoms with Crippen LogP contribution in [0.15, 0.2) is 18.2 Å². The SMILES string of the molecule is COc1ccc(Cl)cc1CC(=O)CC1CS(=O)(=O)CCN1. The average molecular weight is 332 g/mol. The Morgan fingerprint density at radius 1 is 1.48 bits per heavy atom. The molecule has 1 fully saturated rings. The number of hydrogen-bond acceptors (Lipinski definition) is 5. The normalized spacial score (nSPS) is 21.0. The van der Waals surface area contributed by atoms with Crippen molar-refractivity contribution in [2.45, 2.75) is 18.9 Å². The molecule has 1 unspecified atom stereocenters. The molecule has 116 valence electrons. The number of rotatable bonds is 5. The van der Waals surface area contributed by atoms with E-state index in [0.717, 1.165) is 0 Å². The van der Waals surface area contributed by atoms with Crippen molar-refractivity contribution in [3.05, 3.63) is 28.8 Å². The fourth-order valence-electron chi connectivity index (χ4n) is 2.44. The molecule has 1 atom stereocenters. The minimum absolute atomic E-state index is 0.0193. The molecule has 1 aliphatic heterocycles. The van der Waals surface area contributed by atoms with Crippen LogP contribution in [-0.4, -0.2) is 45.4 Å². The van der Waals surface area contributed by atoms with E-state index < -0.39 is 9.84 Å². The van der Waals surface area contributed by atoms with E-state index in [4.69, 9.17) is 16.3 Å². The molecular formula is C14H18ClNO4S. The first kappa shape index (κ1) is 16.3. The maximum absolute atomic E-state index is 12.1. The third-order valence-corrected chi connectivity index (χ3v) is 5.38. The molecule has 1 heterocycles. The lowest BCUT2D eigenvalue weighted by Gasteiger charge is -2.23. The van der Waals surface area contributed by atoms with Gasteiger partial charge in [-0.15, -0.1) is 0 Å². The minimum Gasteiger partial charge on any atom is -0.496 e. The molecule has 0 bridgehead atoms. The number of sulfone groups is 1. The Bertz CT molecular complexity index is 630. The van der Waals surface area contributed by atoms with Crippen LogP contribution >= 0.6 is 11.6 Å². The summed E-state index contributed by atoms with van der Waals surface area (Å²) in [6.45, 7) is 0.404. The number of halogens is 1. The molecule has 0 aromatic heterocycles. The third kappa shape index (κ3) is 4.69. The molecule has 7 heteroatoms. The van der Waals surface area contributed by atoms with Crippen molar-refractivity contribution >= 4 is 27.2 Å². The Morgan fingerprint density at radius 2 is 2.24 bits per heavy atom. The Labute approximate surface area is 129 Å². The summed E-state index contributed by atoms with van der Waals surface area (Å²) < 4.78 is 28.3. The van der Waals surface area contributed by atoms with Crippen molar-refractivity contribution in [2.24, 2.45) is 0 Å². The maximum atomic E-state index is 12.1. The zero-order chi connectivity index (χ0) is 15.5. The summed E-state index contributed by atoms with van der Waals surface area (Å²) in [6, 6.07) is 4.81. The molecule has 2 rings (SSSR count). The number of methoxy groups -OCH3 is 1. The molecule has 1 aromatic rings. The van der Waals surface area contributed by atoms with Gasteiger partial charge in [-0.25, -0.2) is 8.42 Å². The first-order valence-electron chi connectivity index (χ1n) is 6.67. The molecule has 0 aliphatic carbocycles. The fourth-order valence-corrected chi connectivity index (χ4v) is 4.08. The standard InChI is InChI=1S/C14H18ClNO4S/c1-20-14-3-2-11(15)6-10(14)7-13(17)8-12-9-21(18,19)5-4-16-12/h2-3,6,12,16H,4-5,7-9H2,1H3. The summed E-state index contributed by atoms with van der Waals surface area (Å²) in [5, 5.41) is 3.61. The summed E-state index contributed by atoms with van der Waals surface area (Å²) in [5.74, 6) is 0.729. The molecule has 1 aliphatic rings. The molecule has 0 amide bonds. The second-order valence-corrected chi connectivity index (χ2v) is 7.81. The van der Waals surface area contributed by atoms with E-state index in [1.165, 1.54) is 7.11 Å². The molecular weight excluding hydrogens is 314 g/mol. The minimum atomic E-state index is -3.03. The topological polar surface area (TPSA) is 72.5 Å². The molecule has 1 N–H and O–H groups in total. The number of ketones is 1. The van der Waals surface area contributed by atoms with Crippen LogP contribution in [0.2, 0.25) is 5.02 Å². The highest BCUT2D eigenvalue weighted by molar-refractivity contribution is 7.91. The Morgan fingerprint density at radius 3 is 2.90 bits per heavy atom. The Balaban J connectivity index is 2.00. The van der Waals surface area contributed by atoms with Gasteiger partial charge in [-0.1, -0.05) is 11.6 Å². The lowest BCUT2D eigenvalue weighted by molar-refractivity contribution is -0.118. The third-order valence-electron chi connectivity index (χ3n) is 3.41. The van der Waals surface area contributed by atoms with Gasteiger partial charge in [-0.2, -0.15) is 0 Å². The van der Waals surface area contributed by atoms with E-state index in [1.807, 2.05) is 0 Å². The van der Waals surface area contributed by atoms with Gasteiger partial charge in [0.25, 0.3) is 0 Å². The molecule has 5 nitrogen and oxygen atoms in total. The van der Waals surface area contributed by atoms with E-state index in [1.54, 1.807) is 18.2 Å². The highest BCUT2D eigenvalue weighted by atomic mass is 35.5. The monoisotopic (exact) mass is 331 g/mol. The zero-order valence-corrected chi connectivity index (χ0v) is 13.3. The summed E-state index contributed by atoms with van der Waals surface area (Å²) >= 11 is 5.93. The van der Waals surface area contributed by atoms with Gasteiger partial charge < -0.3 is 10.1 Å². The summed E-state index contributed by atoms with van der Waals surface area (Å²) in [5.41, 5.74) is 0.716. The van der Waals surface area contributed by atoms with Crippen LogP contribution in [-0.2, 0) is 21.1 Å². The first-order valence-corrected chi connectivity index (χ1v) is 8.87. The first-order chi connectivity index (χ1) is 9.89. The fraction of sp³-hybridized carbons (Fsp3) is 0.500. The van der Waals surface area contributed by atoms with Crippen LogP contribution in [0, 0.1) is 0 Å². The van der Waals surface area contributed by atoms with Crippen LogP contribution in [0.1, 0.15) is 12.0 Å². The quantitative estimate of drug-likeness (QED) is 0.878. The Hall–Kier alpha value is -1.11. The van der Waals surface area contributed by atoms with Crippen molar-refractivity contribution in [1.29, 1.82) is 0 Å². The van der Waals surface area contributed by atoms with Gasteiger partial charge in [0.05, 0.1) is 18.6 Å². The van der Waals surface area contributed by atoms with Gasteiger partial charge in [0, 0.05) is 36.0 Å². The van der Waals surface area contributed by atoms with Crippen LogP contribution in [0.5, 0.6) is 5.75 Å². The number of carbonyl (C=O) groups is 1. The summed E-state index contributed by atoms with van der Waals surface area (Å²) in [4.78, 5) is 12.1. The molecule has 1 saturated heterocycles. The van der Waals surface area contributed by atoms with Crippen molar-refractivity contribution in [3.8, 4) is 5.75 Å². The second kappa shape index (κ2) is 6.77. The Kier molecular flexibility index (Phi) is 5.24. The van der Waals surface area contributed by atoms with E-state index in [2.05, 4.69) is 5.32 Å². The summed E-state index contributed by atoms with van der Waals surface area (Å²) in [6.07, 6.45) is 0.372.